The Morgan fingerprint density at radius 2 is 1.63 bits per heavy atom. The van der Waals surface area contributed by atoms with Crippen molar-refractivity contribution in [1.82, 2.24) is 25.4 Å². The highest BCUT2D eigenvalue weighted by atomic mass is 16.6. The van der Waals surface area contributed by atoms with E-state index in [0.717, 1.165) is 66.0 Å². The first kappa shape index (κ1) is 43.2. The van der Waals surface area contributed by atoms with Gasteiger partial charge in [-0.15, -0.1) is 0 Å². The number of aromatic hydroxyl groups is 1. The van der Waals surface area contributed by atoms with Crippen LogP contribution >= 0.6 is 0 Å². The van der Waals surface area contributed by atoms with Crippen LogP contribution in [0.4, 0.5) is 4.79 Å². The number of pyridine rings is 1. The zero-order valence-electron chi connectivity index (χ0n) is 35.5. The Bertz CT molecular complexity index is 2540. The van der Waals surface area contributed by atoms with Crippen molar-refractivity contribution in [2.45, 2.75) is 51.0 Å². The Morgan fingerprint density at radius 3 is 2.37 bits per heavy atom. The molecule has 5 aromatic carbocycles. The minimum Gasteiger partial charge on any atom is -0.506 e. The van der Waals surface area contributed by atoms with Crippen LogP contribution in [0, 0.1) is 5.92 Å². The van der Waals surface area contributed by atoms with E-state index in [9.17, 15) is 24.6 Å². The molecule has 0 unspecified atom stereocenters. The number of aromatic amines is 1. The molecular formula is C51H55N5O7. The smallest absolute Gasteiger partial charge is 0.408 e. The quantitative estimate of drug-likeness (QED) is 0.0585. The number of rotatable bonds is 17. The Labute approximate surface area is 367 Å². The summed E-state index contributed by atoms with van der Waals surface area (Å²) in [5.41, 5.74) is 6.06. The minimum atomic E-state index is -0.853. The molecule has 2 amide bonds. The van der Waals surface area contributed by atoms with Gasteiger partial charge in [0, 0.05) is 43.2 Å². The van der Waals surface area contributed by atoms with Crippen LogP contribution in [-0.4, -0.2) is 88.9 Å². The molecule has 2 bridgehead atoms. The topological polar surface area (TPSA) is 156 Å². The highest BCUT2D eigenvalue weighted by Crippen LogP contribution is 2.32. The third kappa shape index (κ3) is 10.6. The lowest BCUT2D eigenvalue weighted by Gasteiger charge is -2.43. The fourth-order valence-corrected chi connectivity index (χ4v) is 8.76. The number of hydrogen-bond donors (Lipinski definition) is 5. The van der Waals surface area contributed by atoms with Gasteiger partial charge in [0.05, 0.1) is 17.7 Å². The lowest BCUT2D eigenvalue weighted by atomic mass is 9.86. The van der Waals surface area contributed by atoms with Gasteiger partial charge in [0.2, 0.25) is 5.56 Å². The van der Waals surface area contributed by atoms with Crippen LogP contribution in [0.25, 0.3) is 22.0 Å². The normalized spacial score (nSPS) is 17.8. The van der Waals surface area contributed by atoms with Gasteiger partial charge in [0.1, 0.15) is 24.2 Å². The molecule has 63 heavy (non-hydrogen) atoms. The fraction of sp³-hybridized carbons (Fsp3) is 0.314. The number of piperidine rings is 3. The predicted molar refractivity (Wildman–Crippen MR) is 244 cm³/mol. The molecule has 326 valence electrons. The molecule has 3 fully saturated rings. The van der Waals surface area contributed by atoms with Crippen LogP contribution < -0.4 is 20.9 Å². The highest BCUT2D eigenvalue weighted by Gasteiger charge is 2.37. The van der Waals surface area contributed by atoms with Gasteiger partial charge in [-0.25, -0.2) is 4.79 Å². The van der Waals surface area contributed by atoms with Crippen molar-refractivity contribution >= 4 is 22.9 Å². The van der Waals surface area contributed by atoms with E-state index in [1.54, 1.807) is 17.0 Å². The van der Waals surface area contributed by atoms with Crippen molar-refractivity contribution in [3.05, 3.63) is 166 Å². The Balaban J connectivity index is 0.815. The summed E-state index contributed by atoms with van der Waals surface area (Å²) in [7, 11) is 0. The van der Waals surface area contributed by atoms with Gasteiger partial charge in [0.25, 0.3) is 5.91 Å². The van der Waals surface area contributed by atoms with Crippen molar-refractivity contribution in [2.24, 2.45) is 5.92 Å². The van der Waals surface area contributed by atoms with E-state index >= 15 is 0 Å². The van der Waals surface area contributed by atoms with Gasteiger partial charge in [-0.1, -0.05) is 84.9 Å². The summed E-state index contributed by atoms with van der Waals surface area (Å²) in [5.74, 6) is 1.05. The number of amides is 2. The Kier molecular flexibility index (Phi) is 13.8. The standard InChI is InChI=1S/C51H55N5O7/c1-2-56(27-7-26-52-31-45(58)42-20-22-44(57)49-43(42)21-23-47(59)53-49)50(60)39-14-12-34(13-15-39)33-62-41-11-6-10-40(30-41)35-16-18-38(19-17-35)48(37-8-4-3-5-9-37)54-51(61)63-46-32-55-28-24-36(46)25-29-55/h3-6,8-23,30,36,45-46,48,52,57-58H,2,7,24-29,31-33H2,1H3,(H,53,59)(H,54,61)/t45-,46-,48-/m0/s1. The summed E-state index contributed by atoms with van der Waals surface area (Å²) in [6.07, 6.45) is 1.53. The van der Waals surface area contributed by atoms with Crippen molar-refractivity contribution in [1.29, 1.82) is 0 Å². The molecule has 0 radical (unpaired) electrons. The van der Waals surface area contributed by atoms with Crippen molar-refractivity contribution in [3.63, 3.8) is 0 Å². The number of nitrogens with zero attached hydrogens (tertiary/aromatic N) is 2. The molecule has 3 atom stereocenters. The number of nitrogens with one attached hydrogen (secondary N) is 3. The van der Waals surface area contributed by atoms with Crippen molar-refractivity contribution in [2.75, 3.05) is 45.8 Å². The van der Waals surface area contributed by atoms with Gasteiger partial charge in [-0.05, 0) is 122 Å². The molecule has 1 aromatic heterocycles. The predicted octanol–water partition coefficient (Wildman–Crippen LogP) is 7.56. The number of carbonyl (C=O) groups is 2. The number of hydrogen-bond acceptors (Lipinski definition) is 9. The maximum atomic E-state index is 13.4. The zero-order valence-corrected chi connectivity index (χ0v) is 35.5. The van der Waals surface area contributed by atoms with Crippen molar-refractivity contribution in [3.8, 4) is 22.6 Å². The molecule has 0 saturated carbocycles. The first-order valence-corrected chi connectivity index (χ1v) is 21.9. The van der Waals surface area contributed by atoms with Gasteiger partial charge in [-0.2, -0.15) is 0 Å². The molecule has 5 N–H and O–H groups in total. The van der Waals surface area contributed by atoms with E-state index in [0.29, 0.717) is 60.6 Å². The number of fused-ring (bicyclic) bond motifs is 4. The number of aliphatic hydroxyl groups excluding tert-OH is 1. The summed E-state index contributed by atoms with van der Waals surface area (Å²) in [4.78, 5) is 45.2. The molecule has 12 nitrogen and oxygen atoms in total. The summed E-state index contributed by atoms with van der Waals surface area (Å²) >= 11 is 0. The van der Waals surface area contributed by atoms with Gasteiger partial charge >= 0.3 is 6.09 Å². The van der Waals surface area contributed by atoms with Gasteiger partial charge in [-0.3, -0.25) is 14.5 Å². The minimum absolute atomic E-state index is 0.0523. The average Bonchev–Trinajstić information content (AvgIpc) is 3.32. The first-order chi connectivity index (χ1) is 30.7. The molecule has 3 aliphatic rings. The molecule has 4 heterocycles. The number of H-pyrrole nitrogens is 1. The van der Waals surface area contributed by atoms with E-state index in [1.807, 2.05) is 85.8 Å². The third-order valence-corrected chi connectivity index (χ3v) is 12.3. The molecule has 3 saturated heterocycles. The molecule has 6 aromatic rings. The number of ether oxygens (including phenoxy) is 2. The van der Waals surface area contributed by atoms with Gasteiger partial charge < -0.3 is 40.2 Å². The van der Waals surface area contributed by atoms with Crippen LogP contribution in [0.1, 0.15) is 70.9 Å². The number of phenols is 1. The average molecular weight is 850 g/mol. The SMILES string of the molecule is CCN(CCCNC[C@H](O)c1ccc(O)c2[nH]c(=O)ccc12)C(=O)c1ccc(COc2cccc(-c3ccc([C@@H](NC(=O)O[C@H]4CN5CCC4CC5)c4ccccc4)cc3)c2)cc1. The van der Waals surface area contributed by atoms with Crippen LogP contribution in [0.2, 0.25) is 0 Å². The molecule has 3 aliphatic heterocycles. The van der Waals surface area contributed by atoms with Crippen LogP contribution in [0.3, 0.4) is 0 Å². The largest absolute Gasteiger partial charge is 0.506 e. The van der Waals surface area contributed by atoms with E-state index in [1.165, 1.54) is 12.1 Å². The summed E-state index contributed by atoms with van der Waals surface area (Å²) < 4.78 is 12.2. The number of benzene rings is 5. The van der Waals surface area contributed by atoms with E-state index in [4.69, 9.17) is 9.47 Å². The van der Waals surface area contributed by atoms with Gasteiger partial charge in [0.15, 0.2) is 0 Å². The molecule has 0 aliphatic carbocycles. The molecule has 12 heteroatoms. The number of aromatic nitrogens is 1. The second-order valence-corrected chi connectivity index (χ2v) is 16.4. The number of alkyl carbamates (subject to hydrolysis) is 1. The molecule has 9 rings (SSSR count). The van der Waals surface area contributed by atoms with Crippen LogP contribution in [0.15, 0.2) is 132 Å². The summed E-state index contributed by atoms with van der Waals surface area (Å²) in [5, 5.41) is 28.0. The second kappa shape index (κ2) is 20.1. The zero-order chi connectivity index (χ0) is 43.7. The van der Waals surface area contributed by atoms with E-state index in [2.05, 4.69) is 44.8 Å². The summed E-state index contributed by atoms with van der Waals surface area (Å²) in [6.45, 7) is 7.24. The second-order valence-electron chi connectivity index (χ2n) is 16.4. The summed E-state index contributed by atoms with van der Waals surface area (Å²) in [6, 6.07) is 39.4. The van der Waals surface area contributed by atoms with Crippen molar-refractivity contribution < 1.29 is 29.3 Å². The van der Waals surface area contributed by atoms with Crippen LogP contribution in [-0.2, 0) is 11.3 Å². The Morgan fingerprint density at radius 1 is 0.873 bits per heavy atom. The maximum absolute atomic E-state index is 13.4. The monoisotopic (exact) mass is 849 g/mol. The third-order valence-electron chi connectivity index (χ3n) is 12.3. The van der Waals surface area contributed by atoms with E-state index in [-0.39, 0.29) is 42.0 Å². The number of carbonyl (C=O) groups excluding carboxylic acids is 2. The number of phenolic OH excluding ortho intramolecular Hbond substituents is 1. The van der Waals surface area contributed by atoms with E-state index < -0.39 is 6.10 Å². The molecular weight excluding hydrogens is 795 g/mol. The molecule has 0 spiro atoms. The lowest BCUT2D eigenvalue weighted by molar-refractivity contribution is -0.0336. The lowest BCUT2D eigenvalue weighted by Crippen LogP contribution is -2.52. The fourth-order valence-electron chi connectivity index (χ4n) is 8.76. The number of aliphatic hydroxyl groups is 1. The van der Waals surface area contributed by atoms with Crippen LogP contribution in [0.5, 0.6) is 11.5 Å². The Hall–Kier alpha value is -6.47. The first-order valence-electron chi connectivity index (χ1n) is 21.9. The highest BCUT2D eigenvalue weighted by molar-refractivity contribution is 5.94. The maximum Gasteiger partial charge on any atom is 0.408 e.